The second-order valence-electron chi connectivity index (χ2n) is 5.11. The summed E-state index contributed by atoms with van der Waals surface area (Å²) in [5.41, 5.74) is -1.36. The summed E-state index contributed by atoms with van der Waals surface area (Å²) in [6.45, 7) is 8.41. The minimum Gasteiger partial charge on any atom is -0.480 e. The van der Waals surface area contributed by atoms with Crippen LogP contribution in [-0.2, 0) is 9.59 Å². The van der Waals surface area contributed by atoms with Crippen LogP contribution in [0.15, 0.2) is 0 Å². The molecule has 0 aromatic heterocycles. The standard InChI is InChI=1S/C12H24N2O3/c1-9(2)14(5)8-6-7-13-10(15)12(3,4)11(16)17/h9H,6-8H2,1-5H3,(H,13,15)(H,16,17). The molecule has 0 rings (SSSR count). The molecule has 0 heterocycles. The lowest BCUT2D eigenvalue weighted by molar-refractivity contribution is -0.153. The molecule has 0 fully saturated rings. The van der Waals surface area contributed by atoms with E-state index in [-0.39, 0.29) is 0 Å². The zero-order valence-electron chi connectivity index (χ0n) is 11.4. The molecule has 0 unspecified atom stereocenters. The van der Waals surface area contributed by atoms with Gasteiger partial charge in [-0.05, 0) is 47.7 Å². The van der Waals surface area contributed by atoms with Crippen LogP contribution in [0, 0.1) is 5.41 Å². The van der Waals surface area contributed by atoms with Gasteiger partial charge in [-0.25, -0.2) is 0 Å². The molecule has 0 aliphatic heterocycles. The number of aliphatic carboxylic acids is 1. The van der Waals surface area contributed by atoms with Crippen LogP contribution in [0.3, 0.4) is 0 Å². The van der Waals surface area contributed by atoms with Crippen LogP contribution in [-0.4, -0.2) is 48.1 Å². The first-order valence-electron chi connectivity index (χ1n) is 5.91. The predicted octanol–water partition coefficient (Wildman–Crippen LogP) is 0.944. The number of carboxylic acid groups (broad SMARTS) is 1. The van der Waals surface area contributed by atoms with Crippen LogP contribution < -0.4 is 5.32 Å². The first-order chi connectivity index (χ1) is 7.69. The quantitative estimate of drug-likeness (QED) is 0.516. The van der Waals surface area contributed by atoms with Gasteiger partial charge in [-0.15, -0.1) is 0 Å². The van der Waals surface area contributed by atoms with Crippen LogP contribution in [0.4, 0.5) is 0 Å². The van der Waals surface area contributed by atoms with Crippen LogP contribution in [0.25, 0.3) is 0 Å². The van der Waals surface area contributed by atoms with Crippen LogP contribution in [0.1, 0.15) is 34.1 Å². The molecular formula is C12H24N2O3. The summed E-state index contributed by atoms with van der Waals surface area (Å²) < 4.78 is 0. The molecule has 1 amide bonds. The third kappa shape index (κ3) is 5.17. The highest BCUT2D eigenvalue weighted by atomic mass is 16.4. The lowest BCUT2D eigenvalue weighted by Crippen LogP contribution is -2.43. The second kappa shape index (κ2) is 6.59. The van der Waals surface area contributed by atoms with Gasteiger partial charge in [-0.2, -0.15) is 0 Å². The SMILES string of the molecule is CC(C)N(C)CCCNC(=O)C(C)(C)C(=O)O. The third-order valence-electron chi connectivity index (χ3n) is 2.96. The number of hydrogen-bond donors (Lipinski definition) is 2. The summed E-state index contributed by atoms with van der Waals surface area (Å²) in [4.78, 5) is 24.6. The van der Waals surface area contributed by atoms with Gasteiger partial charge < -0.3 is 15.3 Å². The number of carbonyl (C=O) groups excluding carboxylic acids is 1. The highest BCUT2D eigenvalue weighted by molar-refractivity contribution is 6.00. The van der Waals surface area contributed by atoms with E-state index in [1.165, 1.54) is 13.8 Å². The van der Waals surface area contributed by atoms with Gasteiger partial charge in [0.1, 0.15) is 5.41 Å². The van der Waals surface area contributed by atoms with Crippen LogP contribution in [0.2, 0.25) is 0 Å². The van der Waals surface area contributed by atoms with Gasteiger partial charge in [0.25, 0.3) is 0 Å². The molecule has 0 aromatic rings. The summed E-state index contributed by atoms with van der Waals surface area (Å²) in [6, 6.07) is 0.473. The predicted molar refractivity (Wildman–Crippen MR) is 66.8 cm³/mol. The van der Waals surface area contributed by atoms with Gasteiger partial charge in [-0.3, -0.25) is 9.59 Å². The maximum absolute atomic E-state index is 11.6. The van der Waals surface area contributed by atoms with Crippen molar-refractivity contribution < 1.29 is 14.7 Å². The number of amides is 1. The van der Waals surface area contributed by atoms with Crippen molar-refractivity contribution in [1.82, 2.24) is 10.2 Å². The van der Waals surface area contributed by atoms with Crippen molar-refractivity contribution in [3.05, 3.63) is 0 Å². The number of carbonyl (C=O) groups is 2. The topological polar surface area (TPSA) is 69.6 Å². The smallest absolute Gasteiger partial charge is 0.318 e. The maximum Gasteiger partial charge on any atom is 0.318 e. The summed E-state index contributed by atoms with van der Waals surface area (Å²) in [5, 5.41) is 11.5. The normalized spacial score (nSPS) is 11.9. The van der Waals surface area contributed by atoms with E-state index in [1.807, 2.05) is 7.05 Å². The molecule has 5 heteroatoms. The molecule has 0 aliphatic rings. The van der Waals surface area contributed by atoms with Gasteiger partial charge in [0, 0.05) is 12.6 Å². The largest absolute Gasteiger partial charge is 0.480 e. The summed E-state index contributed by atoms with van der Waals surface area (Å²) in [5.74, 6) is -1.54. The molecule has 0 radical (unpaired) electrons. The molecular weight excluding hydrogens is 220 g/mol. The Morgan fingerprint density at radius 1 is 1.35 bits per heavy atom. The third-order valence-corrected chi connectivity index (χ3v) is 2.96. The van der Waals surface area contributed by atoms with E-state index in [9.17, 15) is 9.59 Å². The molecule has 5 nitrogen and oxygen atoms in total. The molecule has 0 aromatic carbocycles. The zero-order valence-corrected chi connectivity index (χ0v) is 11.4. The first-order valence-corrected chi connectivity index (χ1v) is 5.91. The van der Waals surface area contributed by atoms with E-state index in [4.69, 9.17) is 5.11 Å². The molecule has 0 spiro atoms. The van der Waals surface area contributed by atoms with Gasteiger partial charge in [-0.1, -0.05) is 0 Å². The summed E-state index contributed by atoms with van der Waals surface area (Å²) in [6.07, 6.45) is 0.816. The molecule has 0 saturated heterocycles. The van der Waals surface area contributed by atoms with E-state index < -0.39 is 17.3 Å². The van der Waals surface area contributed by atoms with Gasteiger partial charge in [0.05, 0.1) is 0 Å². The van der Waals surface area contributed by atoms with E-state index in [1.54, 1.807) is 0 Å². The van der Waals surface area contributed by atoms with Crippen molar-refractivity contribution in [3.8, 4) is 0 Å². The average Bonchev–Trinajstić information content (AvgIpc) is 2.22. The summed E-state index contributed by atoms with van der Waals surface area (Å²) >= 11 is 0. The minimum atomic E-state index is -1.36. The first kappa shape index (κ1) is 15.9. The molecule has 0 bridgehead atoms. The highest BCUT2D eigenvalue weighted by Crippen LogP contribution is 2.14. The number of nitrogens with zero attached hydrogens (tertiary/aromatic N) is 1. The fourth-order valence-corrected chi connectivity index (χ4v) is 1.11. The van der Waals surface area contributed by atoms with Gasteiger partial charge in [0.15, 0.2) is 0 Å². The van der Waals surface area contributed by atoms with Crippen molar-refractivity contribution in [2.45, 2.75) is 40.2 Å². The molecule has 100 valence electrons. The highest BCUT2D eigenvalue weighted by Gasteiger charge is 2.35. The maximum atomic E-state index is 11.6. The van der Waals surface area contributed by atoms with E-state index >= 15 is 0 Å². The van der Waals surface area contributed by atoms with Crippen LogP contribution >= 0.6 is 0 Å². The molecule has 17 heavy (non-hydrogen) atoms. The summed E-state index contributed by atoms with van der Waals surface area (Å²) in [7, 11) is 2.02. The zero-order chi connectivity index (χ0) is 13.6. The fourth-order valence-electron chi connectivity index (χ4n) is 1.11. The lowest BCUT2D eigenvalue weighted by Gasteiger charge is -2.22. The molecule has 0 aliphatic carbocycles. The van der Waals surface area contributed by atoms with E-state index in [0.29, 0.717) is 12.6 Å². The Morgan fingerprint density at radius 3 is 2.29 bits per heavy atom. The van der Waals surface area contributed by atoms with Crippen molar-refractivity contribution in [2.75, 3.05) is 20.1 Å². The van der Waals surface area contributed by atoms with E-state index in [2.05, 4.69) is 24.1 Å². The second-order valence-corrected chi connectivity index (χ2v) is 5.11. The average molecular weight is 244 g/mol. The van der Waals surface area contributed by atoms with Crippen molar-refractivity contribution in [1.29, 1.82) is 0 Å². The Hall–Kier alpha value is -1.10. The Labute approximate surface area is 103 Å². The number of hydrogen-bond acceptors (Lipinski definition) is 3. The molecule has 2 N–H and O–H groups in total. The minimum absolute atomic E-state index is 0.433. The monoisotopic (exact) mass is 244 g/mol. The van der Waals surface area contributed by atoms with Crippen molar-refractivity contribution >= 4 is 11.9 Å². The molecule has 0 saturated carbocycles. The van der Waals surface area contributed by atoms with Gasteiger partial charge >= 0.3 is 5.97 Å². The number of rotatable bonds is 7. The van der Waals surface area contributed by atoms with Crippen molar-refractivity contribution in [3.63, 3.8) is 0 Å². The van der Waals surface area contributed by atoms with E-state index in [0.717, 1.165) is 13.0 Å². The number of carboxylic acids is 1. The Kier molecular flexibility index (Phi) is 6.16. The van der Waals surface area contributed by atoms with Gasteiger partial charge in [0.2, 0.25) is 5.91 Å². The molecule has 0 atom stereocenters. The lowest BCUT2D eigenvalue weighted by atomic mass is 9.93. The Balaban J connectivity index is 3.91. The van der Waals surface area contributed by atoms with Crippen LogP contribution in [0.5, 0.6) is 0 Å². The Morgan fingerprint density at radius 2 is 1.88 bits per heavy atom. The van der Waals surface area contributed by atoms with Crippen molar-refractivity contribution in [2.24, 2.45) is 5.41 Å². The number of nitrogens with one attached hydrogen (secondary N) is 1. The Bertz CT molecular complexity index is 275. The fraction of sp³-hybridized carbons (Fsp3) is 0.833.